The molecule has 0 amide bonds. The lowest BCUT2D eigenvalue weighted by Crippen LogP contribution is -2.48. The monoisotopic (exact) mass is 400 g/mol. The van der Waals surface area contributed by atoms with Crippen LogP contribution in [-0.4, -0.2) is 56.1 Å². The van der Waals surface area contributed by atoms with Gasteiger partial charge in [0, 0.05) is 39.3 Å². The number of para-hydroxylation sites is 1. The van der Waals surface area contributed by atoms with Crippen LogP contribution in [0.1, 0.15) is 31.9 Å². The van der Waals surface area contributed by atoms with Crippen molar-refractivity contribution in [3.63, 3.8) is 0 Å². The van der Waals surface area contributed by atoms with Crippen molar-refractivity contribution in [1.82, 2.24) is 20.8 Å². The first-order valence-corrected chi connectivity index (χ1v) is 10.8. The topological polar surface area (TPSA) is 39.8 Å². The second-order valence-electron chi connectivity index (χ2n) is 6.93. The number of hydrazine groups is 1. The molecule has 162 valence electrons. The van der Waals surface area contributed by atoms with E-state index in [1.807, 2.05) is 44.2 Å². The van der Waals surface area contributed by atoms with Crippen LogP contribution in [-0.2, 0) is 6.42 Å². The molecule has 2 aromatic carbocycles. The maximum absolute atomic E-state index is 5.32. The summed E-state index contributed by atoms with van der Waals surface area (Å²) in [6.45, 7) is 14.8. The highest BCUT2D eigenvalue weighted by atomic mass is 16.7. The number of hydrogen-bond acceptors (Lipinski definition) is 5. The van der Waals surface area contributed by atoms with Gasteiger partial charge in [-0.15, -0.1) is 0 Å². The Morgan fingerprint density at radius 2 is 1.62 bits per heavy atom. The fraction of sp³-hybridized carbons (Fsp3) is 0.500. The second kappa shape index (κ2) is 15.9. The highest BCUT2D eigenvalue weighted by Crippen LogP contribution is 2.05. The molecule has 1 fully saturated rings. The van der Waals surface area contributed by atoms with Gasteiger partial charge in [0.1, 0.15) is 5.75 Å². The summed E-state index contributed by atoms with van der Waals surface area (Å²) >= 11 is 0. The number of aryl methyl sites for hydroxylation is 2. The van der Waals surface area contributed by atoms with Crippen LogP contribution in [0.15, 0.2) is 54.6 Å². The summed E-state index contributed by atoms with van der Waals surface area (Å²) in [5.74, 6) is 0.810. The van der Waals surface area contributed by atoms with Gasteiger partial charge in [-0.25, -0.2) is 5.43 Å². The molecular weight excluding hydrogens is 360 g/mol. The van der Waals surface area contributed by atoms with E-state index in [9.17, 15) is 0 Å². The third-order valence-electron chi connectivity index (χ3n) is 4.62. The van der Waals surface area contributed by atoms with Gasteiger partial charge in [-0.05, 0) is 38.1 Å². The maximum Gasteiger partial charge on any atom is 0.149 e. The lowest BCUT2D eigenvalue weighted by Gasteiger charge is -2.32. The summed E-state index contributed by atoms with van der Waals surface area (Å²) in [6, 6.07) is 18.3. The van der Waals surface area contributed by atoms with E-state index in [0.717, 1.165) is 51.4 Å². The molecule has 1 aliphatic heterocycles. The van der Waals surface area contributed by atoms with E-state index in [0.29, 0.717) is 0 Å². The molecule has 2 N–H and O–H groups in total. The lowest BCUT2D eigenvalue weighted by molar-refractivity contribution is 0.124. The molecule has 2 aromatic rings. The zero-order chi connectivity index (χ0) is 21.3. The van der Waals surface area contributed by atoms with Gasteiger partial charge in [-0.1, -0.05) is 74.4 Å². The van der Waals surface area contributed by atoms with E-state index in [1.165, 1.54) is 11.1 Å². The van der Waals surface area contributed by atoms with Gasteiger partial charge in [0.25, 0.3) is 0 Å². The van der Waals surface area contributed by atoms with Gasteiger partial charge in [0.05, 0.1) is 0 Å². The fourth-order valence-electron chi connectivity index (χ4n) is 2.85. The SMILES string of the molecule is CC.CCc1cccc(C)c1.CN1CCN(CCNNOc2ccccc2)CC1. The summed E-state index contributed by atoms with van der Waals surface area (Å²) in [4.78, 5) is 10.1. The Kier molecular flexibility index (Phi) is 13.8. The van der Waals surface area contributed by atoms with Crippen molar-refractivity contribution in [3.8, 4) is 5.75 Å². The van der Waals surface area contributed by atoms with Crippen molar-refractivity contribution in [2.75, 3.05) is 46.3 Å². The van der Waals surface area contributed by atoms with Gasteiger partial charge < -0.3 is 9.74 Å². The first kappa shape index (κ1) is 25.1. The van der Waals surface area contributed by atoms with Crippen molar-refractivity contribution in [2.24, 2.45) is 0 Å². The molecule has 5 nitrogen and oxygen atoms in total. The lowest BCUT2D eigenvalue weighted by atomic mass is 10.1. The minimum atomic E-state index is 0.810. The number of likely N-dealkylation sites (N-methyl/N-ethyl adjacent to an activating group) is 1. The Bertz CT molecular complexity index is 628. The van der Waals surface area contributed by atoms with E-state index in [4.69, 9.17) is 4.84 Å². The average molecular weight is 401 g/mol. The van der Waals surface area contributed by atoms with Crippen LogP contribution in [0.25, 0.3) is 0 Å². The number of rotatable bonds is 7. The highest BCUT2D eigenvalue weighted by Gasteiger charge is 2.12. The zero-order valence-corrected chi connectivity index (χ0v) is 18.9. The van der Waals surface area contributed by atoms with Gasteiger partial charge in [-0.3, -0.25) is 4.90 Å². The molecule has 0 aromatic heterocycles. The molecule has 1 saturated heterocycles. The summed E-state index contributed by atoms with van der Waals surface area (Å²) in [7, 11) is 2.17. The molecular formula is C24H40N4O. The minimum absolute atomic E-state index is 0.810. The number of nitrogens with one attached hydrogen (secondary N) is 2. The fourth-order valence-corrected chi connectivity index (χ4v) is 2.85. The molecule has 29 heavy (non-hydrogen) atoms. The van der Waals surface area contributed by atoms with Crippen LogP contribution in [0.3, 0.4) is 0 Å². The summed E-state index contributed by atoms with van der Waals surface area (Å²) in [5, 5.41) is 0. The Balaban J connectivity index is 0.000000321. The number of hydrogen-bond donors (Lipinski definition) is 2. The molecule has 1 heterocycles. The third kappa shape index (κ3) is 11.6. The van der Waals surface area contributed by atoms with Gasteiger partial charge in [0.2, 0.25) is 0 Å². The molecule has 0 aliphatic carbocycles. The first-order chi connectivity index (χ1) is 14.2. The van der Waals surface area contributed by atoms with Crippen LogP contribution in [0.4, 0.5) is 0 Å². The Morgan fingerprint density at radius 3 is 2.21 bits per heavy atom. The molecule has 0 spiro atoms. The van der Waals surface area contributed by atoms with Crippen molar-refractivity contribution < 1.29 is 4.84 Å². The molecule has 5 heteroatoms. The largest absolute Gasteiger partial charge is 0.394 e. The normalized spacial score (nSPS) is 14.2. The molecule has 0 radical (unpaired) electrons. The molecule has 0 atom stereocenters. The second-order valence-corrected chi connectivity index (χ2v) is 6.93. The van der Waals surface area contributed by atoms with Crippen LogP contribution in [0.2, 0.25) is 0 Å². The third-order valence-corrected chi connectivity index (χ3v) is 4.62. The van der Waals surface area contributed by atoms with Crippen LogP contribution in [0.5, 0.6) is 5.75 Å². The van der Waals surface area contributed by atoms with Gasteiger partial charge >= 0.3 is 0 Å². The molecule has 1 aliphatic rings. The minimum Gasteiger partial charge on any atom is -0.394 e. The predicted molar refractivity (Wildman–Crippen MR) is 124 cm³/mol. The molecule has 0 saturated carbocycles. The van der Waals surface area contributed by atoms with E-state index < -0.39 is 0 Å². The quantitative estimate of drug-likeness (QED) is 0.545. The number of benzene rings is 2. The van der Waals surface area contributed by atoms with Crippen molar-refractivity contribution in [1.29, 1.82) is 0 Å². The summed E-state index contributed by atoms with van der Waals surface area (Å²) in [6.07, 6.45) is 1.14. The van der Waals surface area contributed by atoms with Crippen molar-refractivity contribution in [2.45, 2.75) is 34.1 Å². The van der Waals surface area contributed by atoms with Gasteiger partial charge in [0.15, 0.2) is 0 Å². The molecule has 0 unspecified atom stereocenters. The summed E-state index contributed by atoms with van der Waals surface area (Å²) in [5.41, 5.74) is 8.61. The standard InChI is InChI=1S/C13H22N4O.C9H12.C2H6/c1-16-9-11-17(12-10-16)8-7-14-15-18-13-5-3-2-4-6-13;1-3-9-6-4-5-8(2)7-9;1-2/h2-6,14-15H,7-12H2,1H3;4-7H,3H2,1-2H3;1-2H3. The van der Waals surface area contributed by atoms with Crippen molar-refractivity contribution in [3.05, 3.63) is 65.7 Å². The molecule has 0 bridgehead atoms. The Labute approximate surface area is 178 Å². The number of piperazine rings is 1. The Hall–Kier alpha value is -1.92. The van der Waals surface area contributed by atoms with Crippen LogP contribution < -0.4 is 15.9 Å². The average Bonchev–Trinajstić information content (AvgIpc) is 2.77. The van der Waals surface area contributed by atoms with Crippen LogP contribution in [0, 0.1) is 6.92 Å². The van der Waals surface area contributed by atoms with E-state index in [1.54, 1.807) is 0 Å². The maximum atomic E-state index is 5.32. The van der Waals surface area contributed by atoms with E-state index in [-0.39, 0.29) is 0 Å². The van der Waals surface area contributed by atoms with Gasteiger partial charge in [-0.2, -0.15) is 0 Å². The predicted octanol–water partition coefficient (Wildman–Crippen LogP) is 3.91. The highest BCUT2D eigenvalue weighted by molar-refractivity contribution is 5.22. The summed E-state index contributed by atoms with van der Waals surface area (Å²) < 4.78 is 0. The van der Waals surface area contributed by atoms with Crippen molar-refractivity contribution >= 4 is 0 Å². The smallest absolute Gasteiger partial charge is 0.149 e. The van der Waals surface area contributed by atoms with E-state index >= 15 is 0 Å². The zero-order valence-electron chi connectivity index (χ0n) is 18.9. The Morgan fingerprint density at radius 1 is 0.931 bits per heavy atom. The van der Waals surface area contributed by atoms with Crippen LogP contribution >= 0.6 is 0 Å². The first-order valence-electron chi connectivity index (χ1n) is 10.8. The number of nitrogens with zero attached hydrogens (tertiary/aromatic N) is 2. The molecule has 3 rings (SSSR count). The van der Waals surface area contributed by atoms with E-state index in [2.05, 4.69) is 66.0 Å².